The highest BCUT2D eigenvalue weighted by Gasteiger charge is 2.56. The number of hydrogen-bond acceptors (Lipinski definition) is 3. The lowest BCUT2D eigenvalue weighted by Crippen LogP contribution is -2.52. The molecule has 0 aliphatic carbocycles. The summed E-state index contributed by atoms with van der Waals surface area (Å²) < 4.78 is 44.2. The van der Waals surface area contributed by atoms with Crippen LogP contribution in [0.5, 0.6) is 5.75 Å². The van der Waals surface area contributed by atoms with Crippen molar-refractivity contribution in [1.82, 2.24) is 4.57 Å². The van der Waals surface area contributed by atoms with Crippen molar-refractivity contribution in [3.05, 3.63) is 75.1 Å². The molecule has 0 aliphatic heterocycles. The number of halogens is 3. The number of aromatic hydroxyl groups is 1. The van der Waals surface area contributed by atoms with Crippen LogP contribution >= 0.6 is 0 Å². The Labute approximate surface area is 184 Å². The fourth-order valence-corrected chi connectivity index (χ4v) is 4.45. The Bertz CT molecular complexity index is 1230. The van der Waals surface area contributed by atoms with E-state index in [0.717, 1.165) is 5.56 Å². The molecule has 1 aromatic heterocycles. The van der Waals surface area contributed by atoms with Crippen molar-refractivity contribution in [3.63, 3.8) is 0 Å². The predicted molar refractivity (Wildman–Crippen MR) is 119 cm³/mol. The standard InChI is InChI=1S/C25H28F3NO3/c1-15-10-16(2)22(31)19(11-15)23(4,5)13-24(32,25(26,27)28)14-29-12-17(3)21(30)18-8-6-7-9-20(18)29/h6-12,31-32H,13-14H2,1-5H3. The van der Waals surface area contributed by atoms with Crippen LogP contribution in [0.2, 0.25) is 0 Å². The number of aliphatic hydroxyl groups is 1. The number of benzene rings is 2. The highest BCUT2D eigenvalue weighted by atomic mass is 19.4. The molecule has 1 heterocycles. The topological polar surface area (TPSA) is 62.5 Å². The first-order valence-corrected chi connectivity index (χ1v) is 10.3. The summed E-state index contributed by atoms with van der Waals surface area (Å²) in [6.45, 7) is 7.39. The molecule has 2 N–H and O–H groups in total. The van der Waals surface area contributed by atoms with E-state index < -0.39 is 30.2 Å². The number of rotatable bonds is 5. The number of para-hydroxylation sites is 1. The van der Waals surface area contributed by atoms with Gasteiger partial charge in [0.1, 0.15) is 5.75 Å². The SMILES string of the molecule is Cc1cc(C)c(O)c(C(C)(C)CC(O)(Cn2cc(C)c(=O)c3ccccc32)C(F)(F)F)c1. The fraction of sp³-hybridized carbons (Fsp3) is 0.400. The summed E-state index contributed by atoms with van der Waals surface area (Å²) in [5, 5.41) is 21.9. The normalized spacial score (nSPS) is 14.5. The van der Waals surface area contributed by atoms with Crippen molar-refractivity contribution >= 4 is 10.9 Å². The van der Waals surface area contributed by atoms with Crippen molar-refractivity contribution in [2.24, 2.45) is 0 Å². The van der Waals surface area contributed by atoms with Gasteiger partial charge in [-0.25, -0.2) is 0 Å². The zero-order chi connectivity index (χ0) is 24.1. The van der Waals surface area contributed by atoms with E-state index in [-0.39, 0.29) is 11.2 Å². The summed E-state index contributed by atoms with van der Waals surface area (Å²) in [6, 6.07) is 9.81. The molecule has 0 saturated heterocycles. The second-order valence-corrected chi connectivity index (χ2v) is 9.35. The van der Waals surface area contributed by atoms with Crippen LogP contribution in [0.4, 0.5) is 13.2 Å². The van der Waals surface area contributed by atoms with Gasteiger partial charge < -0.3 is 14.8 Å². The van der Waals surface area contributed by atoms with Gasteiger partial charge in [-0.3, -0.25) is 4.79 Å². The molecule has 7 heteroatoms. The first-order chi connectivity index (χ1) is 14.7. The van der Waals surface area contributed by atoms with Crippen molar-refractivity contribution in [2.45, 2.75) is 64.8 Å². The maximum Gasteiger partial charge on any atom is 0.418 e. The molecule has 0 fully saturated rings. The van der Waals surface area contributed by atoms with E-state index in [9.17, 15) is 28.2 Å². The van der Waals surface area contributed by atoms with E-state index in [0.29, 0.717) is 27.6 Å². The number of aromatic nitrogens is 1. The maximum absolute atomic E-state index is 14.3. The Hall–Kier alpha value is -2.80. The zero-order valence-electron chi connectivity index (χ0n) is 18.8. The largest absolute Gasteiger partial charge is 0.507 e. The van der Waals surface area contributed by atoms with Gasteiger partial charge in [0.05, 0.1) is 12.1 Å². The van der Waals surface area contributed by atoms with Crippen LogP contribution in [0.25, 0.3) is 10.9 Å². The number of aryl methyl sites for hydroxylation is 3. The summed E-state index contributed by atoms with van der Waals surface area (Å²) in [5.41, 5.74) is -2.24. The summed E-state index contributed by atoms with van der Waals surface area (Å²) in [7, 11) is 0. The molecule has 3 rings (SSSR count). The van der Waals surface area contributed by atoms with Crippen LogP contribution in [-0.4, -0.2) is 26.6 Å². The number of hydrogen-bond donors (Lipinski definition) is 2. The first kappa shape index (κ1) is 23.9. The smallest absolute Gasteiger partial charge is 0.418 e. The lowest BCUT2D eigenvalue weighted by atomic mass is 9.73. The number of alkyl halides is 3. The summed E-state index contributed by atoms with van der Waals surface area (Å²) >= 11 is 0. The molecule has 1 atom stereocenters. The zero-order valence-corrected chi connectivity index (χ0v) is 18.8. The molecule has 2 aromatic carbocycles. The highest BCUT2D eigenvalue weighted by molar-refractivity contribution is 5.79. The number of phenols is 1. The van der Waals surface area contributed by atoms with Gasteiger partial charge in [-0.05, 0) is 50.3 Å². The molecule has 0 spiro atoms. The van der Waals surface area contributed by atoms with E-state index in [1.54, 1.807) is 64.1 Å². The molecule has 32 heavy (non-hydrogen) atoms. The monoisotopic (exact) mass is 447 g/mol. The van der Waals surface area contributed by atoms with Gasteiger partial charge in [0, 0.05) is 22.7 Å². The van der Waals surface area contributed by atoms with E-state index in [2.05, 4.69) is 0 Å². The third-order valence-electron chi connectivity index (χ3n) is 6.03. The fourth-order valence-electron chi connectivity index (χ4n) is 4.45. The van der Waals surface area contributed by atoms with Gasteiger partial charge >= 0.3 is 6.18 Å². The summed E-state index contributed by atoms with van der Waals surface area (Å²) in [6.07, 6.45) is -4.28. The van der Waals surface area contributed by atoms with E-state index in [4.69, 9.17) is 0 Å². The van der Waals surface area contributed by atoms with E-state index >= 15 is 0 Å². The number of nitrogens with zero attached hydrogens (tertiary/aromatic N) is 1. The van der Waals surface area contributed by atoms with E-state index in [1.807, 2.05) is 0 Å². The number of fused-ring (bicyclic) bond motifs is 1. The Morgan fingerprint density at radius 3 is 2.25 bits per heavy atom. The maximum atomic E-state index is 14.3. The minimum absolute atomic E-state index is 0.0743. The van der Waals surface area contributed by atoms with Crippen LogP contribution in [0.15, 0.2) is 47.4 Å². The van der Waals surface area contributed by atoms with Crippen molar-refractivity contribution < 1.29 is 23.4 Å². The lowest BCUT2D eigenvalue weighted by molar-refractivity contribution is -0.271. The van der Waals surface area contributed by atoms with Crippen molar-refractivity contribution in [1.29, 1.82) is 0 Å². The van der Waals surface area contributed by atoms with Gasteiger partial charge in [0.25, 0.3) is 0 Å². The van der Waals surface area contributed by atoms with Gasteiger partial charge in [-0.2, -0.15) is 13.2 Å². The lowest BCUT2D eigenvalue weighted by Gasteiger charge is -2.39. The Morgan fingerprint density at radius 2 is 1.62 bits per heavy atom. The Morgan fingerprint density at radius 1 is 1.00 bits per heavy atom. The second kappa shape index (κ2) is 7.96. The Balaban J connectivity index is 2.13. The minimum Gasteiger partial charge on any atom is -0.507 e. The van der Waals surface area contributed by atoms with Crippen molar-refractivity contribution in [2.75, 3.05) is 0 Å². The molecule has 1 unspecified atom stereocenters. The van der Waals surface area contributed by atoms with Crippen LogP contribution in [0, 0.1) is 20.8 Å². The Kier molecular flexibility index (Phi) is 5.93. The summed E-state index contributed by atoms with van der Waals surface area (Å²) in [5.74, 6) is -0.0743. The average molecular weight is 447 g/mol. The second-order valence-electron chi connectivity index (χ2n) is 9.35. The van der Waals surface area contributed by atoms with Crippen LogP contribution in [0.1, 0.15) is 42.5 Å². The van der Waals surface area contributed by atoms with Crippen LogP contribution in [-0.2, 0) is 12.0 Å². The third-order valence-corrected chi connectivity index (χ3v) is 6.03. The van der Waals surface area contributed by atoms with Crippen molar-refractivity contribution in [3.8, 4) is 5.75 Å². The van der Waals surface area contributed by atoms with Gasteiger partial charge in [0.15, 0.2) is 11.0 Å². The minimum atomic E-state index is -4.95. The van der Waals surface area contributed by atoms with Crippen LogP contribution in [0.3, 0.4) is 0 Å². The van der Waals surface area contributed by atoms with Gasteiger partial charge in [-0.1, -0.05) is 43.7 Å². The number of pyridine rings is 1. The molecule has 4 nitrogen and oxygen atoms in total. The average Bonchev–Trinajstić information content (AvgIpc) is 2.67. The molecule has 0 saturated carbocycles. The molecule has 0 aliphatic rings. The van der Waals surface area contributed by atoms with Gasteiger partial charge in [-0.15, -0.1) is 0 Å². The predicted octanol–water partition coefficient (Wildman–Crippen LogP) is 5.29. The van der Waals surface area contributed by atoms with E-state index in [1.165, 1.54) is 17.7 Å². The molecule has 3 aromatic rings. The molecule has 0 bridgehead atoms. The number of phenolic OH excluding ortho intramolecular Hbond substituents is 1. The van der Waals surface area contributed by atoms with Crippen LogP contribution < -0.4 is 5.43 Å². The molecule has 172 valence electrons. The molecule has 0 radical (unpaired) electrons. The molecular weight excluding hydrogens is 419 g/mol. The quantitative estimate of drug-likeness (QED) is 0.558. The molecular formula is C25H28F3NO3. The highest BCUT2D eigenvalue weighted by Crippen LogP contribution is 2.45. The van der Waals surface area contributed by atoms with Gasteiger partial charge in [0.2, 0.25) is 0 Å². The first-order valence-electron chi connectivity index (χ1n) is 10.3. The molecule has 0 amide bonds. The summed E-state index contributed by atoms with van der Waals surface area (Å²) in [4.78, 5) is 12.4. The third kappa shape index (κ3) is 4.26.